The van der Waals surface area contributed by atoms with Gasteiger partial charge in [-0.2, -0.15) is 0 Å². The number of piperidine rings is 1. The van der Waals surface area contributed by atoms with Gasteiger partial charge in [-0.15, -0.1) is 11.3 Å². The van der Waals surface area contributed by atoms with E-state index in [0.717, 1.165) is 43.1 Å². The zero-order chi connectivity index (χ0) is 17.8. The molecule has 3 heterocycles. The van der Waals surface area contributed by atoms with Crippen molar-refractivity contribution in [3.63, 3.8) is 0 Å². The summed E-state index contributed by atoms with van der Waals surface area (Å²) in [7, 11) is 0. The highest BCUT2D eigenvalue weighted by molar-refractivity contribution is 7.13. The van der Waals surface area contributed by atoms with Crippen molar-refractivity contribution in [2.24, 2.45) is 5.92 Å². The van der Waals surface area contributed by atoms with E-state index < -0.39 is 0 Å². The Morgan fingerprint density at radius 2 is 2.08 bits per heavy atom. The van der Waals surface area contributed by atoms with Gasteiger partial charge in [-0.05, 0) is 63.3 Å². The highest BCUT2D eigenvalue weighted by atomic mass is 32.1. The van der Waals surface area contributed by atoms with Crippen LogP contribution in [0.15, 0.2) is 17.5 Å². The molecule has 1 aliphatic heterocycles. The lowest BCUT2D eigenvalue weighted by molar-refractivity contribution is -0.114. The number of aryl methyl sites for hydroxylation is 2. The first-order valence-electron chi connectivity index (χ1n) is 8.86. The van der Waals surface area contributed by atoms with Crippen molar-refractivity contribution in [1.29, 1.82) is 0 Å². The molecule has 0 saturated carbocycles. The van der Waals surface area contributed by atoms with Gasteiger partial charge >= 0.3 is 0 Å². The topological polar surface area (TPSA) is 58.1 Å². The number of hydrogen-bond donors (Lipinski definition) is 1. The van der Waals surface area contributed by atoms with Crippen molar-refractivity contribution >= 4 is 22.4 Å². The lowest BCUT2D eigenvalue weighted by Crippen LogP contribution is -2.35. The molecule has 25 heavy (non-hydrogen) atoms. The summed E-state index contributed by atoms with van der Waals surface area (Å²) in [4.78, 5) is 22.6. The van der Waals surface area contributed by atoms with Crippen LogP contribution in [0.5, 0.6) is 0 Å². The van der Waals surface area contributed by atoms with Gasteiger partial charge in [0.05, 0.1) is 5.69 Å². The number of carbonyl (C=O) groups excluding carboxylic acids is 1. The zero-order valence-electron chi connectivity index (χ0n) is 15.2. The Balaban J connectivity index is 1.57. The molecule has 1 atom stereocenters. The second kappa shape index (κ2) is 8.06. The Morgan fingerprint density at radius 1 is 1.32 bits per heavy atom. The van der Waals surface area contributed by atoms with Gasteiger partial charge in [0.25, 0.3) is 0 Å². The van der Waals surface area contributed by atoms with E-state index in [1.165, 1.54) is 36.7 Å². The Kier molecular flexibility index (Phi) is 5.81. The first-order chi connectivity index (χ1) is 12.0. The minimum absolute atomic E-state index is 0.0677. The third-order valence-corrected chi connectivity index (χ3v) is 5.30. The minimum atomic E-state index is -0.0677. The van der Waals surface area contributed by atoms with Crippen molar-refractivity contribution in [2.45, 2.75) is 46.6 Å². The Morgan fingerprint density at radius 3 is 2.80 bits per heavy atom. The fourth-order valence-electron chi connectivity index (χ4n) is 3.65. The van der Waals surface area contributed by atoms with Crippen LogP contribution in [0.2, 0.25) is 0 Å². The lowest BCUT2D eigenvalue weighted by Gasteiger charge is -2.32. The summed E-state index contributed by atoms with van der Waals surface area (Å²) in [6.07, 6.45) is 3.64. The summed E-state index contributed by atoms with van der Waals surface area (Å²) in [6, 6.07) is 4.43. The van der Waals surface area contributed by atoms with E-state index in [4.69, 9.17) is 0 Å². The van der Waals surface area contributed by atoms with Crippen molar-refractivity contribution in [2.75, 3.05) is 18.4 Å². The molecule has 0 spiro atoms. The van der Waals surface area contributed by atoms with Crippen molar-refractivity contribution in [3.8, 4) is 0 Å². The van der Waals surface area contributed by atoms with Gasteiger partial charge in [-0.25, -0.2) is 4.98 Å². The molecule has 6 heteroatoms. The van der Waals surface area contributed by atoms with E-state index in [0.29, 0.717) is 11.0 Å². The van der Waals surface area contributed by atoms with Crippen LogP contribution in [0, 0.1) is 19.8 Å². The first kappa shape index (κ1) is 18.0. The maximum Gasteiger partial charge on any atom is 0.223 e. The molecular weight excluding hydrogens is 332 g/mol. The summed E-state index contributed by atoms with van der Waals surface area (Å²) >= 11 is 1.50. The van der Waals surface area contributed by atoms with Crippen molar-refractivity contribution < 1.29 is 4.79 Å². The minimum Gasteiger partial charge on any atom is -0.302 e. The van der Waals surface area contributed by atoms with E-state index in [9.17, 15) is 4.79 Å². The molecule has 0 bridgehead atoms. The molecule has 3 rings (SSSR count). The van der Waals surface area contributed by atoms with Gasteiger partial charge in [0.1, 0.15) is 0 Å². The number of aromatic nitrogens is 2. The average Bonchev–Trinajstić information content (AvgIpc) is 2.92. The molecule has 2 aromatic heterocycles. The van der Waals surface area contributed by atoms with Gasteiger partial charge in [0, 0.05) is 36.8 Å². The van der Waals surface area contributed by atoms with E-state index in [1.807, 2.05) is 5.38 Å². The van der Waals surface area contributed by atoms with Gasteiger partial charge in [-0.1, -0.05) is 0 Å². The van der Waals surface area contributed by atoms with Gasteiger partial charge in [0.15, 0.2) is 5.13 Å². The molecule has 1 unspecified atom stereocenters. The molecule has 1 amide bonds. The number of rotatable bonds is 5. The molecule has 1 N–H and O–H groups in total. The molecule has 5 nitrogen and oxygen atoms in total. The number of likely N-dealkylation sites (tertiary alicyclic amines) is 1. The fourth-order valence-corrected chi connectivity index (χ4v) is 4.40. The van der Waals surface area contributed by atoms with Crippen LogP contribution in [-0.4, -0.2) is 33.9 Å². The number of thiazole rings is 1. The van der Waals surface area contributed by atoms with Crippen LogP contribution >= 0.6 is 11.3 Å². The number of carbonyl (C=O) groups is 1. The smallest absolute Gasteiger partial charge is 0.223 e. The van der Waals surface area contributed by atoms with Crippen LogP contribution in [0.3, 0.4) is 0 Å². The standard InChI is InChI=1S/C19H26N4OS/c1-13-7-17(8-14(2)20-13)9-16-5-4-6-23(10-16)11-18-12-25-19(22-18)21-15(3)24/h7-8,12,16H,4-6,9-11H2,1-3H3,(H,21,22,24). The molecular formula is C19H26N4OS. The summed E-state index contributed by atoms with van der Waals surface area (Å²) < 4.78 is 0. The molecule has 0 aromatic carbocycles. The monoisotopic (exact) mass is 358 g/mol. The van der Waals surface area contributed by atoms with Crippen molar-refractivity contribution in [1.82, 2.24) is 14.9 Å². The van der Waals surface area contributed by atoms with Gasteiger partial charge < -0.3 is 5.32 Å². The van der Waals surface area contributed by atoms with Gasteiger partial charge in [-0.3, -0.25) is 14.7 Å². The number of nitrogens with zero attached hydrogens (tertiary/aromatic N) is 3. The van der Waals surface area contributed by atoms with E-state index in [-0.39, 0.29) is 5.91 Å². The highest BCUT2D eigenvalue weighted by Gasteiger charge is 2.21. The van der Waals surface area contributed by atoms with E-state index in [2.05, 4.69) is 46.2 Å². The maximum atomic E-state index is 11.1. The van der Waals surface area contributed by atoms with Gasteiger partial charge in [0.2, 0.25) is 5.91 Å². The normalized spacial score (nSPS) is 18.3. The Labute approximate surface area is 153 Å². The maximum absolute atomic E-state index is 11.1. The Hall–Kier alpha value is -1.79. The second-order valence-corrected chi connectivity index (χ2v) is 7.89. The molecule has 1 aliphatic rings. The SMILES string of the molecule is CC(=O)Nc1nc(CN2CCCC(Cc3cc(C)nc(C)c3)C2)cs1. The van der Waals surface area contributed by atoms with Crippen LogP contribution in [-0.2, 0) is 17.8 Å². The predicted octanol–water partition coefficient (Wildman–Crippen LogP) is 3.57. The van der Waals surface area contributed by atoms with Crippen LogP contribution in [0.1, 0.15) is 42.4 Å². The lowest BCUT2D eigenvalue weighted by atomic mass is 9.91. The van der Waals surface area contributed by atoms with E-state index in [1.54, 1.807) is 0 Å². The largest absolute Gasteiger partial charge is 0.302 e. The number of nitrogens with one attached hydrogen (secondary N) is 1. The fraction of sp³-hybridized carbons (Fsp3) is 0.526. The summed E-state index contributed by atoms with van der Waals surface area (Å²) in [5.74, 6) is 0.616. The summed E-state index contributed by atoms with van der Waals surface area (Å²) in [5.41, 5.74) is 4.66. The highest BCUT2D eigenvalue weighted by Crippen LogP contribution is 2.24. The molecule has 134 valence electrons. The zero-order valence-corrected chi connectivity index (χ0v) is 16.0. The first-order valence-corrected chi connectivity index (χ1v) is 9.74. The molecule has 0 aliphatic carbocycles. The molecule has 2 aromatic rings. The van der Waals surface area contributed by atoms with Crippen LogP contribution < -0.4 is 5.32 Å². The van der Waals surface area contributed by atoms with Crippen LogP contribution in [0.25, 0.3) is 0 Å². The quantitative estimate of drug-likeness (QED) is 0.888. The molecule has 1 saturated heterocycles. The number of anilines is 1. The molecule has 1 fully saturated rings. The molecule has 0 radical (unpaired) electrons. The van der Waals surface area contributed by atoms with Crippen molar-refractivity contribution in [3.05, 3.63) is 40.2 Å². The number of hydrogen-bond acceptors (Lipinski definition) is 5. The third kappa shape index (κ3) is 5.34. The Bertz CT molecular complexity index is 723. The van der Waals surface area contributed by atoms with Crippen LogP contribution in [0.4, 0.5) is 5.13 Å². The summed E-state index contributed by atoms with van der Waals surface area (Å²) in [5, 5.41) is 5.50. The van der Waals surface area contributed by atoms with E-state index >= 15 is 0 Å². The average molecular weight is 359 g/mol. The number of pyridine rings is 1. The summed E-state index contributed by atoms with van der Waals surface area (Å²) in [6.45, 7) is 8.74. The predicted molar refractivity (Wildman–Crippen MR) is 102 cm³/mol. The third-order valence-electron chi connectivity index (χ3n) is 4.49. The second-order valence-electron chi connectivity index (χ2n) is 7.03. The number of amides is 1.